The van der Waals surface area contributed by atoms with Crippen LogP contribution in [0.25, 0.3) is 0 Å². The van der Waals surface area contributed by atoms with Crippen LogP contribution in [0.1, 0.15) is 12.8 Å². The number of anilines is 3. The van der Waals surface area contributed by atoms with Gasteiger partial charge in [-0.1, -0.05) is 12.1 Å². The zero-order valence-electron chi connectivity index (χ0n) is 14.2. The van der Waals surface area contributed by atoms with Crippen LogP contribution in [0.4, 0.5) is 22.7 Å². The smallest absolute Gasteiger partial charge is 0.314 e. The van der Waals surface area contributed by atoms with Crippen molar-refractivity contribution in [1.29, 1.82) is 0 Å². The van der Waals surface area contributed by atoms with Gasteiger partial charge in [0, 0.05) is 30.4 Å². The van der Waals surface area contributed by atoms with Crippen LogP contribution in [-0.4, -0.2) is 29.2 Å². The predicted molar refractivity (Wildman–Crippen MR) is 98.4 cm³/mol. The van der Waals surface area contributed by atoms with Gasteiger partial charge in [0.05, 0.1) is 4.92 Å². The van der Waals surface area contributed by atoms with E-state index in [2.05, 4.69) is 10.6 Å². The van der Waals surface area contributed by atoms with Gasteiger partial charge in [0.25, 0.3) is 5.69 Å². The van der Waals surface area contributed by atoms with Gasteiger partial charge in [-0.2, -0.15) is 0 Å². The van der Waals surface area contributed by atoms with Gasteiger partial charge in [-0.05, 0) is 36.8 Å². The second-order valence-electron chi connectivity index (χ2n) is 5.88. The lowest BCUT2D eigenvalue weighted by atomic mass is 10.2. The van der Waals surface area contributed by atoms with E-state index in [0.717, 1.165) is 12.1 Å². The molecule has 2 aromatic rings. The number of rotatable bonds is 4. The molecule has 0 unspecified atom stereocenters. The van der Waals surface area contributed by atoms with Crippen molar-refractivity contribution in [2.75, 3.05) is 22.1 Å². The van der Waals surface area contributed by atoms with E-state index in [9.17, 15) is 24.5 Å². The van der Waals surface area contributed by atoms with Crippen LogP contribution in [0.2, 0.25) is 0 Å². The molecule has 1 saturated heterocycles. The monoisotopic (exact) mass is 368 g/mol. The summed E-state index contributed by atoms with van der Waals surface area (Å²) in [6, 6.07) is 12.1. The Morgan fingerprint density at radius 1 is 1.00 bits per heavy atom. The lowest BCUT2D eigenvalue weighted by Gasteiger charge is -2.16. The molecule has 9 heteroatoms. The largest absolute Gasteiger partial charge is 0.318 e. The van der Waals surface area contributed by atoms with Gasteiger partial charge in [0.1, 0.15) is 5.69 Å². The Kier molecular flexibility index (Phi) is 5.11. The maximum atomic E-state index is 12.0. The molecule has 0 saturated carbocycles. The molecule has 0 spiro atoms. The van der Waals surface area contributed by atoms with Gasteiger partial charge in [-0.3, -0.25) is 24.5 Å². The Bertz CT molecular complexity index is 910. The number of nitro groups is 1. The number of hydrogen-bond acceptors (Lipinski definition) is 5. The van der Waals surface area contributed by atoms with Crippen molar-refractivity contribution in [2.24, 2.45) is 0 Å². The molecule has 1 heterocycles. The zero-order valence-corrected chi connectivity index (χ0v) is 14.2. The van der Waals surface area contributed by atoms with Crippen molar-refractivity contribution in [3.8, 4) is 0 Å². The molecular weight excluding hydrogens is 352 g/mol. The Morgan fingerprint density at radius 2 is 1.67 bits per heavy atom. The second-order valence-corrected chi connectivity index (χ2v) is 5.88. The molecule has 0 atom stereocenters. The number of nitro benzene ring substituents is 1. The summed E-state index contributed by atoms with van der Waals surface area (Å²) in [4.78, 5) is 47.7. The molecule has 1 fully saturated rings. The van der Waals surface area contributed by atoms with Crippen molar-refractivity contribution in [3.05, 3.63) is 58.6 Å². The third-order valence-electron chi connectivity index (χ3n) is 4.07. The minimum atomic E-state index is -1.02. The van der Waals surface area contributed by atoms with Crippen LogP contribution < -0.4 is 15.5 Å². The molecule has 2 aromatic carbocycles. The van der Waals surface area contributed by atoms with Crippen molar-refractivity contribution >= 4 is 40.5 Å². The second kappa shape index (κ2) is 7.65. The van der Waals surface area contributed by atoms with Crippen LogP contribution in [-0.2, 0) is 14.4 Å². The third kappa shape index (κ3) is 4.09. The summed E-state index contributed by atoms with van der Waals surface area (Å²) in [6.45, 7) is 0.656. The molecule has 0 bridgehead atoms. The summed E-state index contributed by atoms with van der Waals surface area (Å²) < 4.78 is 0. The molecule has 3 amide bonds. The van der Waals surface area contributed by atoms with Gasteiger partial charge >= 0.3 is 11.8 Å². The molecule has 1 aliphatic heterocycles. The van der Waals surface area contributed by atoms with Crippen LogP contribution in [0.5, 0.6) is 0 Å². The topological polar surface area (TPSA) is 122 Å². The fraction of sp³-hybridized carbons (Fsp3) is 0.167. The first-order chi connectivity index (χ1) is 13.0. The highest BCUT2D eigenvalue weighted by Crippen LogP contribution is 2.24. The average Bonchev–Trinajstić information content (AvgIpc) is 3.08. The van der Waals surface area contributed by atoms with Gasteiger partial charge < -0.3 is 15.5 Å². The number of amides is 3. The number of carbonyl (C=O) groups excluding carboxylic acids is 3. The van der Waals surface area contributed by atoms with Gasteiger partial charge in [-0.25, -0.2) is 0 Å². The molecule has 3 rings (SSSR count). The van der Waals surface area contributed by atoms with Crippen LogP contribution >= 0.6 is 0 Å². The highest BCUT2D eigenvalue weighted by atomic mass is 16.6. The molecule has 0 radical (unpaired) electrons. The van der Waals surface area contributed by atoms with E-state index in [0.29, 0.717) is 18.7 Å². The first-order valence-corrected chi connectivity index (χ1v) is 8.22. The summed E-state index contributed by atoms with van der Waals surface area (Å²) in [5, 5.41) is 15.6. The number of nitrogens with one attached hydrogen (secondary N) is 2. The van der Waals surface area contributed by atoms with Gasteiger partial charge in [0.2, 0.25) is 5.91 Å². The lowest BCUT2D eigenvalue weighted by molar-refractivity contribution is -0.383. The van der Waals surface area contributed by atoms with E-state index in [1.54, 1.807) is 29.2 Å². The van der Waals surface area contributed by atoms with E-state index >= 15 is 0 Å². The molecule has 2 N–H and O–H groups in total. The maximum Gasteiger partial charge on any atom is 0.314 e. The van der Waals surface area contributed by atoms with Crippen molar-refractivity contribution < 1.29 is 19.3 Å². The maximum absolute atomic E-state index is 12.0. The van der Waals surface area contributed by atoms with Crippen molar-refractivity contribution in [1.82, 2.24) is 0 Å². The van der Waals surface area contributed by atoms with E-state index in [4.69, 9.17) is 0 Å². The Morgan fingerprint density at radius 3 is 2.30 bits per heavy atom. The molecule has 138 valence electrons. The van der Waals surface area contributed by atoms with Gasteiger partial charge in [-0.15, -0.1) is 0 Å². The van der Waals surface area contributed by atoms with Crippen molar-refractivity contribution in [3.63, 3.8) is 0 Å². The molecular formula is C18H16N4O5. The first-order valence-electron chi connectivity index (χ1n) is 8.22. The van der Waals surface area contributed by atoms with Crippen LogP contribution in [0.3, 0.4) is 0 Å². The fourth-order valence-corrected chi connectivity index (χ4v) is 2.75. The third-order valence-corrected chi connectivity index (χ3v) is 4.07. The number of carbonyl (C=O) groups is 3. The predicted octanol–water partition coefficient (Wildman–Crippen LogP) is 2.30. The Labute approximate surface area is 154 Å². The number of para-hydroxylation sites is 2. The van der Waals surface area contributed by atoms with Crippen molar-refractivity contribution in [2.45, 2.75) is 12.8 Å². The normalized spacial score (nSPS) is 13.3. The van der Waals surface area contributed by atoms with E-state index < -0.39 is 16.7 Å². The summed E-state index contributed by atoms with van der Waals surface area (Å²) in [5.74, 6) is -1.93. The van der Waals surface area contributed by atoms with Crippen LogP contribution in [0, 0.1) is 10.1 Å². The highest BCUT2D eigenvalue weighted by Gasteiger charge is 2.22. The van der Waals surface area contributed by atoms with E-state index in [-0.39, 0.29) is 17.3 Å². The summed E-state index contributed by atoms with van der Waals surface area (Å²) in [7, 11) is 0. The summed E-state index contributed by atoms with van der Waals surface area (Å²) in [5.41, 5.74) is 0.719. The minimum Gasteiger partial charge on any atom is -0.318 e. The number of hydrogen-bond donors (Lipinski definition) is 2. The average molecular weight is 368 g/mol. The van der Waals surface area contributed by atoms with E-state index in [1.165, 1.54) is 24.3 Å². The van der Waals surface area contributed by atoms with Gasteiger partial charge in [0.15, 0.2) is 0 Å². The lowest BCUT2D eigenvalue weighted by Crippen LogP contribution is -2.29. The summed E-state index contributed by atoms with van der Waals surface area (Å²) in [6.07, 6.45) is 1.33. The quantitative estimate of drug-likeness (QED) is 0.487. The summed E-state index contributed by atoms with van der Waals surface area (Å²) >= 11 is 0. The standard InChI is InChI=1S/C18H16N4O5/c23-16-6-3-11-21(16)13-9-7-12(8-10-13)19-17(24)18(25)20-14-4-1-2-5-15(14)22(26)27/h1-2,4-5,7-10H,3,6,11H2,(H,19,24)(H,20,25). The molecule has 1 aliphatic rings. The van der Waals surface area contributed by atoms with Crippen LogP contribution in [0.15, 0.2) is 48.5 Å². The minimum absolute atomic E-state index is 0.0515. The fourth-order valence-electron chi connectivity index (χ4n) is 2.75. The first kappa shape index (κ1) is 18.1. The molecule has 9 nitrogen and oxygen atoms in total. The number of benzene rings is 2. The van der Waals surface area contributed by atoms with E-state index in [1.807, 2.05) is 0 Å². The Balaban J connectivity index is 1.64. The zero-order chi connectivity index (χ0) is 19.4. The highest BCUT2D eigenvalue weighted by molar-refractivity contribution is 6.43. The SMILES string of the molecule is O=C(Nc1ccc(N2CCCC2=O)cc1)C(=O)Nc1ccccc1[N+](=O)[O-]. The number of nitrogens with zero attached hydrogens (tertiary/aromatic N) is 2. The Hall–Kier alpha value is -3.75. The molecule has 0 aliphatic carbocycles. The molecule has 0 aromatic heterocycles. The molecule has 27 heavy (non-hydrogen) atoms.